The first-order chi connectivity index (χ1) is 27.9. The molecule has 0 spiro atoms. The van der Waals surface area contributed by atoms with Crippen LogP contribution in [0.2, 0.25) is 0 Å². The van der Waals surface area contributed by atoms with E-state index in [-0.39, 0.29) is 41.7 Å². The molecule has 58 heavy (non-hydrogen) atoms. The van der Waals surface area contributed by atoms with Crippen molar-refractivity contribution in [3.63, 3.8) is 0 Å². The zero-order valence-electron chi connectivity index (χ0n) is 34.3. The normalized spacial score (nSPS) is 19.2. The molecule has 306 valence electrons. The number of imidazole rings is 2. The number of rotatable bonds is 11. The molecule has 0 radical (unpaired) electrons. The molecule has 5 aromatic rings. The van der Waals surface area contributed by atoms with Gasteiger partial charge in [0, 0.05) is 24.2 Å². The SMILES string of the molecule is CC[C@@H]1CCN(C(=O)[C@@H](NC(=O)OC)C(C)C)[C@@H]1c1ncc(-c2ccc3c(ccc4cc(-c5cnc([C@@H]6CCCN6C(=O)C(NC(=O)OC)C(C)C)[nH]5)ccc43)c2)[nH]1. The van der Waals surface area contributed by atoms with Crippen molar-refractivity contribution in [3.8, 4) is 22.5 Å². The van der Waals surface area contributed by atoms with Gasteiger partial charge in [-0.1, -0.05) is 77.4 Å². The van der Waals surface area contributed by atoms with Gasteiger partial charge in [0.2, 0.25) is 11.8 Å². The van der Waals surface area contributed by atoms with E-state index in [1.807, 2.05) is 49.9 Å². The Morgan fingerprint density at radius 3 is 1.76 bits per heavy atom. The van der Waals surface area contributed by atoms with Crippen LogP contribution in [-0.2, 0) is 19.1 Å². The first-order valence-corrected chi connectivity index (χ1v) is 20.3. The van der Waals surface area contributed by atoms with Crippen LogP contribution in [0.25, 0.3) is 44.1 Å². The largest absolute Gasteiger partial charge is 0.453 e. The van der Waals surface area contributed by atoms with Gasteiger partial charge >= 0.3 is 12.2 Å². The fraction of sp³-hybridized carbons (Fsp3) is 0.455. The van der Waals surface area contributed by atoms with Crippen molar-refractivity contribution in [1.29, 1.82) is 0 Å². The molecule has 2 aliphatic heterocycles. The number of hydrogen-bond acceptors (Lipinski definition) is 8. The Balaban J connectivity index is 1.10. The number of ether oxygens (including phenoxy) is 2. The summed E-state index contributed by atoms with van der Waals surface area (Å²) in [4.78, 5) is 71.8. The average molecular weight is 791 g/mol. The molecule has 2 fully saturated rings. The van der Waals surface area contributed by atoms with Gasteiger partial charge in [-0.15, -0.1) is 0 Å². The number of aromatic amines is 2. The fourth-order valence-electron chi connectivity index (χ4n) is 8.67. The number of H-pyrrole nitrogens is 2. The van der Waals surface area contributed by atoms with Crippen molar-refractivity contribution in [2.24, 2.45) is 17.8 Å². The van der Waals surface area contributed by atoms with E-state index < -0.39 is 24.3 Å². The maximum atomic E-state index is 13.9. The lowest BCUT2D eigenvalue weighted by atomic mass is 9.96. The highest BCUT2D eigenvalue weighted by atomic mass is 16.5. The second-order valence-corrected chi connectivity index (χ2v) is 16.1. The van der Waals surface area contributed by atoms with Crippen LogP contribution >= 0.6 is 0 Å². The summed E-state index contributed by atoms with van der Waals surface area (Å²) in [5.74, 6) is 1.20. The van der Waals surface area contributed by atoms with E-state index >= 15 is 0 Å². The van der Waals surface area contributed by atoms with E-state index in [0.717, 1.165) is 81.4 Å². The molecule has 2 saturated heterocycles. The summed E-state index contributed by atoms with van der Waals surface area (Å²) in [6.45, 7) is 11.0. The van der Waals surface area contributed by atoms with Gasteiger partial charge in [-0.05, 0) is 70.7 Å². The topological polar surface area (TPSA) is 175 Å². The van der Waals surface area contributed by atoms with Crippen LogP contribution < -0.4 is 10.6 Å². The van der Waals surface area contributed by atoms with Crippen LogP contribution in [-0.4, -0.2) is 93.1 Å². The van der Waals surface area contributed by atoms with Gasteiger partial charge in [0.15, 0.2) is 0 Å². The average Bonchev–Trinajstić information content (AvgIpc) is 4.07. The molecule has 2 aromatic heterocycles. The number of carbonyl (C=O) groups excluding carboxylic acids is 4. The lowest BCUT2D eigenvalue weighted by molar-refractivity contribution is -0.136. The Hall–Kier alpha value is -5.92. The fourth-order valence-corrected chi connectivity index (χ4v) is 8.67. The van der Waals surface area contributed by atoms with Crippen LogP contribution in [0.3, 0.4) is 0 Å². The minimum atomic E-state index is -0.703. The molecular formula is C44H54N8O6. The second kappa shape index (κ2) is 16.9. The van der Waals surface area contributed by atoms with Crippen LogP contribution in [0.15, 0.2) is 60.9 Å². The van der Waals surface area contributed by atoms with E-state index in [0.29, 0.717) is 13.1 Å². The summed E-state index contributed by atoms with van der Waals surface area (Å²) < 4.78 is 9.58. The summed E-state index contributed by atoms with van der Waals surface area (Å²) >= 11 is 0. The first-order valence-electron chi connectivity index (χ1n) is 20.3. The molecule has 2 aliphatic rings. The monoisotopic (exact) mass is 790 g/mol. The van der Waals surface area contributed by atoms with Crippen molar-refractivity contribution in [2.45, 2.75) is 84.5 Å². The minimum Gasteiger partial charge on any atom is -0.453 e. The lowest BCUT2D eigenvalue weighted by Crippen LogP contribution is -2.51. The Kier molecular flexibility index (Phi) is 11.7. The molecule has 4 N–H and O–H groups in total. The number of methoxy groups -OCH3 is 2. The highest BCUT2D eigenvalue weighted by Gasteiger charge is 2.42. The number of nitrogens with one attached hydrogen (secondary N) is 4. The van der Waals surface area contributed by atoms with Crippen LogP contribution in [0.5, 0.6) is 0 Å². The summed E-state index contributed by atoms with van der Waals surface area (Å²) in [5.41, 5.74) is 3.71. The third-order valence-electron chi connectivity index (χ3n) is 11.9. The predicted octanol–water partition coefficient (Wildman–Crippen LogP) is 7.50. The number of fused-ring (bicyclic) bond motifs is 3. The third-order valence-corrected chi connectivity index (χ3v) is 11.9. The molecule has 1 unspecified atom stereocenters. The van der Waals surface area contributed by atoms with E-state index in [9.17, 15) is 19.2 Å². The zero-order valence-corrected chi connectivity index (χ0v) is 34.3. The maximum Gasteiger partial charge on any atom is 0.407 e. The van der Waals surface area contributed by atoms with E-state index in [2.05, 4.69) is 76.1 Å². The van der Waals surface area contributed by atoms with Gasteiger partial charge in [-0.3, -0.25) is 9.59 Å². The number of aromatic nitrogens is 4. The highest BCUT2D eigenvalue weighted by molar-refractivity contribution is 6.09. The van der Waals surface area contributed by atoms with E-state index in [1.165, 1.54) is 14.2 Å². The van der Waals surface area contributed by atoms with Gasteiger partial charge in [0.25, 0.3) is 0 Å². The number of hydrogen-bond donors (Lipinski definition) is 4. The number of amides is 4. The number of likely N-dealkylation sites (tertiary alicyclic amines) is 2. The summed E-state index contributed by atoms with van der Waals surface area (Å²) in [6, 6.07) is 15.2. The summed E-state index contributed by atoms with van der Waals surface area (Å²) in [5, 5.41) is 9.85. The molecule has 5 atom stereocenters. The van der Waals surface area contributed by atoms with Gasteiger partial charge in [-0.25, -0.2) is 19.6 Å². The third kappa shape index (κ3) is 7.84. The molecule has 4 heterocycles. The van der Waals surface area contributed by atoms with Crippen molar-refractivity contribution in [3.05, 3.63) is 72.6 Å². The molecule has 0 aliphatic carbocycles. The zero-order chi connectivity index (χ0) is 41.2. The van der Waals surface area contributed by atoms with Crippen molar-refractivity contribution >= 4 is 45.5 Å². The molecule has 0 bridgehead atoms. The van der Waals surface area contributed by atoms with Crippen LogP contribution in [0, 0.1) is 17.8 Å². The molecule has 7 rings (SSSR count). The molecule has 0 saturated carbocycles. The highest BCUT2D eigenvalue weighted by Crippen LogP contribution is 2.40. The standard InChI is InChI=1S/C44H54N8O6/c1-8-26-17-19-52(42(54)37(25(4)5)50-44(56)58-7)38(26)40-46-23-34(48-40)30-14-16-32-28(21-30)12-11-27-20-29(13-15-31(27)32)33-22-45-39(47-33)35-10-9-18-51(35)41(53)36(24(2)3)49-43(55)57-6/h11-16,20-26,35-38H,8-10,17-19H2,1-7H3,(H,45,47)(H,46,48)(H,49,55)(H,50,56)/t26-,35+,36?,37+,38+/m1/s1. The minimum absolute atomic E-state index is 0.109. The predicted molar refractivity (Wildman–Crippen MR) is 221 cm³/mol. The van der Waals surface area contributed by atoms with E-state index in [4.69, 9.17) is 19.4 Å². The smallest absolute Gasteiger partial charge is 0.407 e. The summed E-state index contributed by atoms with van der Waals surface area (Å²) in [7, 11) is 2.59. The van der Waals surface area contributed by atoms with Crippen LogP contribution in [0.1, 0.15) is 84.0 Å². The number of benzene rings is 3. The Labute approximate surface area is 338 Å². The maximum absolute atomic E-state index is 13.9. The Morgan fingerprint density at radius 2 is 1.24 bits per heavy atom. The Morgan fingerprint density at radius 1 is 0.724 bits per heavy atom. The molecule has 14 heteroatoms. The van der Waals surface area contributed by atoms with Gasteiger partial charge in [0.05, 0.1) is 50.1 Å². The number of carbonyl (C=O) groups is 4. The molecule has 4 amide bonds. The van der Waals surface area contributed by atoms with Gasteiger partial charge in [-0.2, -0.15) is 0 Å². The number of alkyl carbamates (subject to hydrolysis) is 2. The molecular weight excluding hydrogens is 737 g/mol. The Bertz CT molecular complexity index is 2320. The first kappa shape index (κ1) is 40.3. The second-order valence-electron chi connectivity index (χ2n) is 16.1. The van der Waals surface area contributed by atoms with Crippen LogP contribution in [0.4, 0.5) is 9.59 Å². The number of nitrogens with zero attached hydrogens (tertiary/aromatic N) is 4. The quantitative estimate of drug-likeness (QED) is 0.0996. The van der Waals surface area contributed by atoms with E-state index in [1.54, 1.807) is 0 Å². The molecule has 3 aromatic carbocycles. The van der Waals surface area contributed by atoms with Crippen molar-refractivity contribution in [1.82, 2.24) is 40.4 Å². The van der Waals surface area contributed by atoms with Crippen molar-refractivity contribution < 1.29 is 28.7 Å². The van der Waals surface area contributed by atoms with Gasteiger partial charge in [0.1, 0.15) is 23.7 Å². The van der Waals surface area contributed by atoms with Gasteiger partial charge < -0.3 is 39.9 Å². The lowest BCUT2D eigenvalue weighted by Gasteiger charge is -2.31. The van der Waals surface area contributed by atoms with Crippen molar-refractivity contribution in [2.75, 3.05) is 27.3 Å². The summed E-state index contributed by atoms with van der Waals surface area (Å²) in [6.07, 6.45) is 5.78. The molecule has 14 nitrogen and oxygen atoms in total.